The molecule has 1 aromatic rings. The summed E-state index contributed by atoms with van der Waals surface area (Å²) in [5.74, 6) is 0. The largest absolute Gasteiger partial charge is 0.383 e. The van der Waals surface area contributed by atoms with E-state index >= 15 is 0 Å². The molecule has 0 radical (unpaired) electrons. The molecule has 1 aromatic carbocycles. The van der Waals surface area contributed by atoms with Crippen molar-refractivity contribution in [1.82, 2.24) is 0 Å². The van der Waals surface area contributed by atoms with Gasteiger partial charge in [-0.15, -0.1) is 0 Å². The fourth-order valence-electron chi connectivity index (χ4n) is 1.66. The molecule has 0 bridgehead atoms. The van der Waals surface area contributed by atoms with Crippen LogP contribution in [-0.2, 0) is 4.74 Å². The second-order valence-electron chi connectivity index (χ2n) is 3.95. The molecule has 0 aliphatic heterocycles. The van der Waals surface area contributed by atoms with Crippen LogP contribution < -0.4 is 10.6 Å². The van der Waals surface area contributed by atoms with Gasteiger partial charge in [-0.3, -0.25) is 0 Å². The van der Waals surface area contributed by atoms with Gasteiger partial charge in [0.25, 0.3) is 0 Å². The number of nitrogens with zero attached hydrogens (tertiary/aromatic N) is 1. The summed E-state index contributed by atoms with van der Waals surface area (Å²) < 4.78 is 5.10. The summed E-state index contributed by atoms with van der Waals surface area (Å²) in [4.78, 5) is 2.29. The zero-order valence-electron chi connectivity index (χ0n) is 10.4. The highest BCUT2D eigenvalue weighted by Gasteiger charge is 2.04. The van der Waals surface area contributed by atoms with Crippen LogP contribution in [0.2, 0.25) is 0 Å². The molecule has 0 aliphatic rings. The van der Waals surface area contributed by atoms with Crippen LogP contribution in [0, 0.1) is 0 Å². The molecule has 0 saturated carbocycles. The van der Waals surface area contributed by atoms with Gasteiger partial charge in [0, 0.05) is 31.9 Å². The van der Waals surface area contributed by atoms with Crippen molar-refractivity contribution in [3.63, 3.8) is 0 Å². The van der Waals surface area contributed by atoms with E-state index in [0.717, 1.165) is 19.7 Å². The van der Waals surface area contributed by atoms with Crippen molar-refractivity contribution < 1.29 is 4.74 Å². The molecule has 0 unspecified atom stereocenters. The highest BCUT2D eigenvalue weighted by Crippen LogP contribution is 2.17. The number of ether oxygens (including phenoxy) is 1. The molecule has 3 nitrogen and oxygen atoms in total. The van der Waals surface area contributed by atoms with Gasteiger partial charge in [-0.05, 0) is 31.5 Å². The van der Waals surface area contributed by atoms with E-state index in [4.69, 9.17) is 10.5 Å². The highest BCUT2D eigenvalue weighted by molar-refractivity contribution is 5.47. The highest BCUT2D eigenvalue weighted by atomic mass is 16.5. The molecule has 3 heteroatoms. The van der Waals surface area contributed by atoms with E-state index < -0.39 is 0 Å². The van der Waals surface area contributed by atoms with Crippen LogP contribution in [-0.4, -0.2) is 26.8 Å². The Balaban J connectivity index is 2.70. The standard InChI is InChI=1S/C13H22N2O/c1-4-15(9-10-16-3)13-7-5-12(6-8-13)11(2)14/h5-8,11H,4,9-10,14H2,1-3H3/t11-/m1/s1. The lowest BCUT2D eigenvalue weighted by molar-refractivity contribution is 0.205. The van der Waals surface area contributed by atoms with Crippen molar-refractivity contribution in [2.24, 2.45) is 5.73 Å². The molecule has 0 fully saturated rings. The molecule has 0 aliphatic carbocycles. The van der Waals surface area contributed by atoms with Gasteiger partial charge < -0.3 is 15.4 Å². The minimum Gasteiger partial charge on any atom is -0.383 e. The number of benzene rings is 1. The molecule has 0 spiro atoms. The smallest absolute Gasteiger partial charge is 0.0637 e. The van der Waals surface area contributed by atoms with E-state index in [1.807, 2.05) is 6.92 Å². The van der Waals surface area contributed by atoms with Crippen LogP contribution in [0.3, 0.4) is 0 Å². The number of hydrogen-bond acceptors (Lipinski definition) is 3. The molecular weight excluding hydrogens is 200 g/mol. The third-order valence-corrected chi connectivity index (χ3v) is 2.73. The predicted octanol–water partition coefficient (Wildman–Crippen LogP) is 2.18. The fourth-order valence-corrected chi connectivity index (χ4v) is 1.66. The van der Waals surface area contributed by atoms with Gasteiger partial charge in [0.2, 0.25) is 0 Å². The minimum atomic E-state index is 0.100. The molecule has 0 aromatic heterocycles. The van der Waals surface area contributed by atoms with Gasteiger partial charge in [-0.1, -0.05) is 12.1 Å². The molecule has 0 heterocycles. The van der Waals surface area contributed by atoms with E-state index in [1.54, 1.807) is 7.11 Å². The number of anilines is 1. The summed E-state index contributed by atoms with van der Waals surface area (Å²) in [5.41, 5.74) is 8.22. The van der Waals surface area contributed by atoms with Crippen molar-refractivity contribution in [3.05, 3.63) is 29.8 Å². The van der Waals surface area contributed by atoms with Gasteiger partial charge in [0.05, 0.1) is 6.61 Å². The second kappa shape index (κ2) is 6.51. The van der Waals surface area contributed by atoms with E-state index in [-0.39, 0.29) is 6.04 Å². The van der Waals surface area contributed by atoms with Crippen molar-refractivity contribution in [1.29, 1.82) is 0 Å². The van der Waals surface area contributed by atoms with Crippen LogP contribution in [0.15, 0.2) is 24.3 Å². The monoisotopic (exact) mass is 222 g/mol. The summed E-state index contributed by atoms with van der Waals surface area (Å²) in [7, 11) is 1.73. The molecule has 16 heavy (non-hydrogen) atoms. The second-order valence-corrected chi connectivity index (χ2v) is 3.95. The normalized spacial score (nSPS) is 12.5. The van der Waals surface area contributed by atoms with E-state index in [1.165, 1.54) is 11.3 Å². The number of likely N-dealkylation sites (N-methyl/N-ethyl adjacent to an activating group) is 1. The van der Waals surface area contributed by atoms with Crippen LogP contribution >= 0.6 is 0 Å². The first-order valence-corrected chi connectivity index (χ1v) is 5.78. The Kier molecular flexibility index (Phi) is 5.29. The summed E-state index contributed by atoms with van der Waals surface area (Å²) >= 11 is 0. The third kappa shape index (κ3) is 3.51. The van der Waals surface area contributed by atoms with Crippen LogP contribution in [0.1, 0.15) is 25.5 Å². The lowest BCUT2D eigenvalue weighted by Crippen LogP contribution is -2.26. The molecular formula is C13H22N2O. The Labute approximate surface area is 98.2 Å². The maximum Gasteiger partial charge on any atom is 0.0637 e. The average molecular weight is 222 g/mol. The first-order valence-electron chi connectivity index (χ1n) is 5.78. The van der Waals surface area contributed by atoms with Crippen molar-refractivity contribution in [3.8, 4) is 0 Å². The van der Waals surface area contributed by atoms with Crippen LogP contribution in [0.5, 0.6) is 0 Å². The zero-order valence-corrected chi connectivity index (χ0v) is 10.4. The summed E-state index contributed by atoms with van der Waals surface area (Å²) in [5, 5.41) is 0. The molecule has 1 rings (SSSR count). The lowest BCUT2D eigenvalue weighted by Gasteiger charge is -2.23. The summed E-state index contributed by atoms with van der Waals surface area (Å²) in [6.07, 6.45) is 0. The van der Waals surface area contributed by atoms with Gasteiger partial charge in [-0.25, -0.2) is 0 Å². The van der Waals surface area contributed by atoms with Crippen molar-refractivity contribution >= 4 is 5.69 Å². The minimum absolute atomic E-state index is 0.100. The Morgan fingerprint density at radius 1 is 1.31 bits per heavy atom. The quantitative estimate of drug-likeness (QED) is 0.801. The lowest BCUT2D eigenvalue weighted by atomic mass is 10.1. The van der Waals surface area contributed by atoms with Crippen LogP contribution in [0.4, 0.5) is 5.69 Å². The Bertz CT molecular complexity index is 295. The third-order valence-electron chi connectivity index (χ3n) is 2.73. The fraction of sp³-hybridized carbons (Fsp3) is 0.538. The maximum absolute atomic E-state index is 5.82. The van der Waals surface area contributed by atoms with E-state index in [0.29, 0.717) is 0 Å². The van der Waals surface area contributed by atoms with Crippen molar-refractivity contribution in [2.45, 2.75) is 19.9 Å². The Morgan fingerprint density at radius 2 is 1.94 bits per heavy atom. The Hall–Kier alpha value is -1.06. The molecule has 1 atom stereocenters. The van der Waals surface area contributed by atoms with Crippen LogP contribution in [0.25, 0.3) is 0 Å². The molecule has 2 N–H and O–H groups in total. The van der Waals surface area contributed by atoms with Crippen molar-refractivity contribution in [2.75, 3.05) is 31.7 Å². The number of nitrogens with two attached hydrogens (primary N) is 1. The Morgan fingerprint density at radius 3 is 2.38 bits per heavy atom. The first-order chi connectivity index (χ1) is 7.69. The first kappa shape index (κ1) is 13.0. The topological polar surface area (TPSA) is 38.5 Å². The molecule has 90 valence electrons. The van der Waals surface area contributed by atoms with Gasteiger partial charge in [0.1, 0.15) is 0 Å². The zero-order chi connectivity index (χ0) is 12.0. The van der Waals surface area contributed by atoms with Gasteiger partial charge in [0.15, 0.2) is 0 Å². The summed E-state index contributed by atoms with van der Waals surface area (Å²) in [6, 6.07) is 8.53. The summed E-state index contributed by atoms with van der Waals surface area (Å²) in [6.45, 7) is 6.81. The number of hydrogen-bond donors (Lipinski definition) is 1. The van der Waals surface area contributed by atoms with Gasteiger partial charge in [-0.2, -0.15) is 0 Å². The number of rotatable bonds is 6. The predicted molar refractivity (Wildman–Crippen MR) is 68.8 cm³/mol. The number of methoxy groups -OCH3 is 1. The SMILES string of the molecule is CCN(CCOC)c1ccc([C@@H](C)N)cc1. The maximum atomic E-state index is 5.82. The van der Waals surface area contributed by atoms with E-state index in [2.05, 4.69) is 36.1 Å². The average Bonchev–Trinajstić information content (AvgIpc) is 2.30. The molecule has 0 amide bonds. The van der Waals surface area contributed by atoms with E-state index in [9.17, 15) is 0 Å². The molecule has 0 saturated heterocycles. The van der Waals surface area contributed by atoms with Gasteiger partial charge >= 0.3 is 0 Å².